The highest BCUT2D eigenvalue weighted by Crippen LogP contribution is 2.36. The van der Waals surface area contributed by atoms with Gasteiger partial charge in [0.25, 0.3) is 0 Å². The molecule has 1 aliphatic carbocycles. The molecule has 0 aliphatic heterocycles. The maximum Gasteiger partial charge on any atom is 0.109 e. The van der Waals surface area contributed by atoms with Gasteiger partial charge < -0.3 is 15.9 Å². The molecule has 3 rings (SSSR count). The van der Waals surface area contributed by atoms with E-state index in [0.717, 1.165) is 16.6 Å². The Morgan fingerprint density at radius 3 is 2.82 bits per heavy atom. The van der Waals surface area contributed by atoms with Crippen LogP contribution in [0, 0.1) is 0 Å². The number of fused-ring (bicyclic) bond motifs is 2. The number of para-hydroxylation sites is 1. The monoisotopic (exact) mass is 230 g/mol. The molecule has 0 saturated carbocycles. The second-order valence-electron chi connectivity index (χ2n) is 4.45. The van der Waals surface area contributed by atoms with Crippen LogP contribution in [-0.2, 0) is 6.42 Å². The quantitative estimate of drug-likeness (QED) is 0.634. The van der Waals surface area contributed by atoms with E-state index in [1.807, 2.05) is 24.3 Å². The molecule has 17 heavy (non-hydrogen) atoms. The molecular formula is C13H14N2O2. The molecule has 0 spiro atoms. The van der Waals surface area contributed by atoms with Crippen LogP contribution in [0.1, 0.15) is 23.8 Å². The zero-order valence-corrected chi connectivity index (χ0v) is 9.30. The number of aliphatic hydroxyl groups is 2. The van der Waals surface area contributed by atoms with Gasteiger partial charge in [-0.3, -0.25) is 4.98 Å². The van der Waals surface area contributed by atoms with Crippen molar-refractivity contribution in [2.24, 2.45) is 0 Å². The van der Waals surface area contributed by atoms with Crippen molar-refractivity contribution < 1.29 is 10.2 Å². The first-order valence-electron chi connectivity index (χ1n) is 5.71. The Morgan fingerprint density at radius 2 is 2.00 bits per heavy atom. The molecule has 4 N–H and O–H groups in total. The van der Waals surface area contributed by atoms with Gasteiger partial charge in [0.1, 0.15) is 6.10 Å². The number of anilines is 1. The van der Waals surface area contributed by atoms with Crippen molar-refractivity contribution in [1.29, 1.82) is 0 Å². The van der Waals surface area contributed by atoms with Crippen LogP contribution in [0.15, 0.2) is 24.3 Å². The number of benzene rings is 1. The van der Waals surface area contributed by atoms with Crippen molar-refractivity contribution in [2.45, 2.75) is 25.0 Å². The van der Waals surface area contributed by atoms with Crippen molar-refractivity contribution in [2.75, 3.05) is 5.73 Å². The Morgan fingerprint density at radius 1 is 1.24 bits per heavy atom. The normalized spacial score (nSPS) is 23.6. The predicted octanol–water partition coefficient (Wildman–Crippen LogP) is 1.16. The number of nitrogen functional groups attached to an aromatic ring is 1. The maximum absolute atomic E-state index is 10.0. The van der Waals surface area contributed by atoms with Crippen LogP contribution in [0.2, 0.25) is 0 Å². The standard InChI is InChI=1S/C13H14N2O2/c14-12-7-3-1-2-4-8(7)15-9-5-6-10(16)13(17)11(9)12/h1-4,10,13,16-17H,5-6H2,(H2,14,15)/t10-,13-/m0/s1. The highest BCUT2D eigenvalue weighted by molar-refractivity contribution is 5.92. The van der Waals surface area contributed by atoms with Crippen molar-refractivity contribution in [3.8, 4) is 0 Å². The molecule has 1 aromatic carbocycles. The second kappa shape index (κ2) is 3.68. The van der Waals surface area contributed by atoms with Crippen LogP contribution in [-0.4, -0.2) is 21.3 Å². The number of nitrogens with zero attached hydrogens (tertiary/aromatic N) is 1. The lowest BCUT2D eigenvalue weighted by molar-refractivity contribution is 0.00640. The van der Waals surface area contributed by atoms with Crippen LogP contribution < -0.4 is 5.73 Å². The molecule has 0 amide bonds. The van der Waals surface area contributed by atoms with Crippen LogP contribution in [0.25, 0.3) is 10.9 Å². The number of hydrogen-bond acceptors (Lipinski definition) is 4. The summed E-state index contributed by atoms with van der Waals surface area (Å²) >= 11 is 0. The summed E-state index contributed by atoms with van der Waals surface area (Å²) in [5, 5.41) is 20.5. The van der Waals surface area contributed by atoms with Crippen LogP contribution in [0.3, 0.4) is 0 Å². The van der Waals surface area contributed by atoms with E-state index >= 15 is 0 Å². The van der Waals surface area contributed by atoms with Gasteiger partial charge in [-0.25, -0.2) is 0 Å². The van der Waals surface area contributed by atoms with Gasteiger partial charge in [0, 0.05) is 22.3 Å². The number of nitrogens with two attached hydrogens (primary N) is 1. The molecule has 2 atom stereocenters. The van der Waals surface area contributed by atoms with Crippen molar-refractivity contribution >= 4 is 16.6 Å². The van der Waals surface area contributed by atoms with E-state index in [4.69, 9.17) is 5.73 Å². The second-order valence-corrected chi connectivity index (χ2v) is 4.45. The van der Waals surface area contributed by atoms with Gasteiger partial charge in [-0.1, -0.05) is 18.2 Å². The number of rotatable bonds is 0. The zero-order valence-electron chi connectivity index (χ0n) is 9.30. The third-order valence-electron chi connectivity index (χ3n) is 3.39. The smallest absolute Gasteiger partial charge is 0.109 e. The van der Waals surface area contributed by atoms with Gasteiger partial charge in [-0.15, -0.1) is 0 Å². The minimum Gasteiger partial charge on any atom is -0.398 e. The molecule has 4 nitrogen and oxygen atoms in total. The van der Waals surface area contributed by atoms with Crippen molar-refractivity contribution in [1.82, 2.24) is 4.98 Å². The molecule has 1 aromatic heterocycles. The van der Waals surface area contributed by atoms with Crippen LogP contribution >= 0.6 is 0 Å². The predicted molar refractivity (Wildman–Crippen MR) is 65.4 cm³/mol. The van der Waals surface area contributed by atoms with Crippen molar-refractivity contribution in [3.05, 3.63) is 35.5 Å². The lowest BCUT2D eigenvalue weighted by Gasteiger charge is -2.27. The number of aromatic nitrogens is 1. The molecule has 1 heterocycles. The fourth-order valence-electron chi connectivity index (χ4n) is 2.46. The van der Waals surface area contributed by atoms with E-state index in [2.05, 4.69) is 4.98 Å². The summed E-state index contributed by atoms with van der Waals surface area (Å²) in [7, 11) is 0. The minimum absolute atomic E-state index is 0.527. The Balaban J connectivity index is 2.32. The molecule has 0 radical (unpaired) electrons. The Labute approximate surface area is 98.7 Å². The van der Waals surface area contributed by atoms with E-state index in [0.29, 0.717) is 24.1 Å². The third-order valence-corrected chi connectivity index (χ3v) is 3.39. The Kier molecular flexibility index (Phi) is 2.28. The molecule has 0 fully saturated rings. The fourth-order valence-corrected chi connectivity index (χ4v) is 2.46. The summed E-state index contributed by atoms with van der Waals surface area (Å²) in [6.07, 6.45) is -0.481. The third kappa shape index (κ3) is 1.49. The van der Waals surface area contributed by atoms with Crippen molar-refractivity contribution in [3.63, 3.8) is 0 Å². The number of aliphatic hydroxyl groups excluding tert-OH is 2. The fraction of sp³-hybridized carbons (Fsp3) is 0.308. The summed E-state index contributed by atoms with van der Waals surface area (Å²) in [4.78, 5) is 4.51. The van der Waals surface area contributed by atoms with Gasteiger partial charge in [-0.05, 0) is 18.9 Å². The van der Waals surface area contributed by atoms with E-state index in [1.54, 1.807) is 0 Å². The molecule has 0 bridgehead atoms. The first-order chi connectivity index (χ1) is 8.18. The van der Waals surface area contributed by atoms with Crippen LogP contribution in [0.4, 0.5) is 5.69 Å². The summed E-state index contributed by atoms with van der Waals surface area (Å²) in [5.41, 5.74) is 8.86. The Bertz CT molecular complexity index is 583. The number of pyridine rings is 1. The SMILES string of the molecule is Nc1c2c(nc3ccccc13)CC[C@H](O)[C@@H]2O. The summed E-state index contributed by atoms with van der Waals surface area (Å²) < 4.78 is 0. The van der Waals surface area contributed by atoms with Gasteiger partial charge in [-0.2, -0.15) is 0 Å². The summed E-state index contributed by atoms with van der Waals surface area (Å²) in [5.74, 6) is 0. The molecule has 4 heteroatoms. The molecule has 1 aliphatic rings. The zero-order chi connectivity index (χ0) is 12.0. The Hall–Kier alpha value is -1.65. The van der Waals surface area contributed by atoms with E-state index in [9.17, 15) is 10.2 Å². The van der Waals surface area contributed by atoms with Gasteiger partial charge in [0.15, 0.2) is 0 Å². The van der Waals surface area contributed by atoms with E-state index < -0.39 is 12.2 Å². The number of aryl methyl sites for hydroxylation is 1. The summed E-state index contributed by atoms with van der Waals surface area (Å²) in [6, 6.07) is 7.59. The van der Waals surface area contributed by atoms with E-state index in [-0.39, 0.29) is 0 Å². The van der Waals surface area contributed by atoms with Gasteiger partial charge >= 0.3 is 0 Å². The minimum atomic E-state index is -0.921. The van der Waals surface area contributed by atoms with Gasteiger partial charge in [0.05, 0.1) is 11.6 Å². The largest absolute Gasteiger partial charge is 0.398 e. The maximum atomic E-state index is 10.0. The first kappa shape index (κ1) is 10.5. The average Bonchev–Trinajstić information content (AvgIpc) is 2.34. The average molecular weight is 230 g/mol. The molecule has 0 unspecified atom stereocenters. The highest BCUT2D eigenvalue weighted by atomic mass is 16.3. The molecule has 2 aromatic rings. The molecule has 88 valence electrons. The van der Waals surface area contributed by atoms with Crippen LogP contribution in [0.5, 0.6) is 0 Å². The topological polar surface area (TPSA) is 79.4 Å². The number of hydrogen-bond donors (Lipinski definition) is 3. The molecule has 0 saturated heterocycles. The summed E-state index contributed by atoms with van der Waals surface area (Å²) in [6.45, 7) is 0. The first-order valence-corrected chi connectivity index (χ1v) is 5.71. The lowest BCUT2D eigenvalue weighted by Crippen LogP contribution is -2.27. The lowest BCUT2D eigenvalue weighted by atomic mass is 9.88. The molecular weight excluding hydrogens is 216 g/mol. The van der Waals surface area contributed by atoms with Gasteiger partial charge in [0.2, 0.25) is 0 Å². The highest BCUT2D eigenvalue weighted by Gasteiger charge is 2.30. The van der Waals surface area contributed by atoms with E-state index in [1.165, 1.54) is 0 Å².